The fraction of sp³-hybridized carbons (Fsp3) is 0.667. The van der Waals surface area contributed by atoms with Gasteiger partial charge in [-0.2, -0.15) is 0 Å². The number of rotatable bonds is 6. The number of hydrogen-bond acceptors (Lipinski definition) is 3. The van der Waals surface area contributed by atoms with Gasteiger partial charge in [0.2, 0.25) is 0 Å². The smallest absolute Gasteiger partial charge is 0.184 e. The van der Waals surface area contributed by atoms with Crippen LogP contribution in [0.2, 0.25) is 0 Å². The van der Waals surface area contributed by atoms with Crippen LogP contribution in [-0.2, 0) is 4.79 Å². The van der Waals surface area contributed by atoms with Crippen molar-refractivity contribution in [1.29, 1.82) is 10.8 Å². The van der Waals surface area contributed by atoms with Gasteiger partial charge in [-0.15, -0.1) is 0 Å². The zero-order chi connectivity index (χ0) is 9.56. The molecule has 0 aromatic carbocycles. The summed E-state index contributed by atoms with van der Waals surface area (Å²) in [4.78, 5) is 11.3. The van der Waals surface area contributed by atoms with Crippen LogP contribution in [0.25, 0.3) is 0 Å². The second-order valence-corrected chi connectivity index (χ2v) is 2.77. The molecule has 0 bridgehead atoms. The highest BCUT2D eigenvalue weighted by Gasteiger charge is 2.17. The Bertz CT molecular complexity index is 187. The van der Waals surface area contributed by atoms with E-state index in [9.17, 15) is 4.79 Å². The number of ketones is 1. The van der Waals surface area contributed by atoms with Gasteiger partial charge in [0.25, 0.3) is 0 Å². The SMILES string of the molecule is CCCC(=N)C(=O)[C@H](C=N)CC. The monoisotopic (exact) mass is 168 g/mol. The maximum absolute atomic E-state index is 11.3. The van der Waals surface area contributed by atoms with E-state index in [2.05, 4.69) is 0 Å². The summed E-state index contributed by atoms with van der Waals surface area (Å²) in [5.74, 6) is -0.557. The molecule has 0 aliphatic rings. The molecule has 0 heterocycles. The Labute approximate surface area is 73.2 Å². The average Bonchev–Trinajstić information content (AvgIpc) is 2.07. The van der Waals surface area contributed by atoms with Gasteiger partial charge in [0, 0.05) is 6.21 Å². The number of carbonyl (C=O) groups is 1. The van der Waals surface area contributed by atoms with Gasteiger partial charge in [-0.3, -0.25) is 4.79 Å². The molecule has 0 aromatic heterocycles. The van der Waals surface area contributed by atoms with Crippen molar-refractivity contribution in [2.45, 2.75) is 33.1 Å². The minimum Gasteiger partial charge on any atom is -0.312 e. The second kappa shape index (κ2) is 5.63. The van der Waals surface area contributed by atoms with Crippen LogP contribution in [0.5, 0.6) is 0 Å². The third-order valence-electron chi connectivity index (χ3n) is 1.78. The molecule has 0 unspecified atom stereocenters. The van der Waals surface area contributed by atoms with E-state index < -0.39 is 0 Å². The van der Waals surface area contributed by atoms with E-state index in [1.54, 1.807) is 0 Å². The Morgan fingerprint density at radius 3 is 2.42 bits per heavy atom. The molecule has 0 amide bonds. The predicted octanol–water partition coefficient (Wildman–Crippen LogP) is 2.05. The summed E-state index contributed by atoms with van der Waals surface area (Å²) in [5, 5.41) is 14.4. The fourth-order valence-corrected chi connectivity index (χ4v) is 0.976. The summed E-state index contributed by atoms with van der Waals surface area (Å²) in [6.07, 6.45) is 3.10. The molecule has 0 saturated heterocycles. The normalized spacial score (nSPS) is 12.2. The molecule has 3 heteroatoms. The van der Waals surface area contributed by atoms with Crippen LogP contribution in [0, 0.1) is 16.7 Å². The number of carbonyl (C=O) groups excluding carboxylic acids is 1. The lowest BCUT2D eigenvalue weighted by Gasteiger charge is -2.07. The number of nitrogens with one attached hydrogen (secondary N) is 2. The highest BCUT2D eigenvalue weighted by Crippen LogP contribution is 2.04. The van der Waals surface area contributed by atoms with E-state index in [0.717, 1.165) is 12.6 Å². The lowest BCUT2D eigenvalue weighted by Crippen LogP contribution is -2.23. The standard InChI is InChI=1S/C9H16N2O/c1-3-5-8(11)9(12)7(4-2)6-10/h6-7,10-11H,3-5H2,1-2H3/t7-/m0/s1. The van der Waals surface area contributed by atoms with Crippen molar-refractivity contribution in [3.63, 3.8) is 0 Å². The molecule has 1 atom stereocenters. The number of hydrogen-bond donors (Lipinski definition) is 2. The van der Waals surface area contributed by atoms with E-state index in [1.807, 2.05) is 13.8 Å². The van der Waals surface area contributed by atoms with Crippen LogP contribution in [0.15, 0.2) is 0 Å². The highest BCUT2D eigenvalue weighted by molar-refractivity contribution is 6.41. The Morgan fingerprint density at radius 1 is 1.50 bits per heavy atom. The summed E-state index contributed by atoms with van der Waals surface area (Å²) in [6, 6.07) is 0. The van der Waals surface area contributed by atoms with Gasteiger partial charge in [0.15, 0.2) is 5.78 Å². The Kier molecular flexibility index (Phi) is 5.17. The van der Waals surface area contributed by atoms with Gasteiger partial charge >= 0.3 is 0 Å². The zero-order valence-corrected chi connectivity index (χ0v) is 7.68. The first kappa shape index (κ1) is 11.0. The molecular formula is C9H16N2O. The summed E-state index contributed by atoms with van der Waals surface area (Å²) in [7, 11) is 0. The van der Waals surface area contributed by atoms with Crippen LogP contribution in [0.4, 0.5) is 0 Å². The molecular weight excluding hydrogens is 152 g/mol. The molecule has 0 aliphatic carbocycles. The van der Waals surface area contributed by atoms with Crippen LogP contribution in [0.1, 0.15) is 33.1 Å². The van der Waals surface area contributed by atoms with Gasteiger partial charge in [-0.05, 0) is 12.8 Å². The minimum atomic E-state index is -0.371. The number of Topliss-reactive ketones (excluding diaryl/α,β-unsaturated/α-hetero) is 1. The van der Waals surface area contributed by atoms with Gasteiger partial charge in [0.05, 0.1) is 11.6 Å². The van der Waals surface area contributed by atoms with E-state index in [1.165, 1.54) is 0 Å². The Hall–Kier alpha value is -0.990. The molecule has 12 heavy (non-hydrogen) atoms. The topological polar surface area (TPSA) is 64.8 Å². The first-order valence-corrected chi connectivity index (χ1v) is 4.29. The van der Waals surface area contributed by atoms with E-state index in [0.29, 0.717) is 12.8 Å². The quantitative estimate of drug-likeness (QED) is 0.586. The van der Waals surface area contributed by atoms with Gasteiger partial charge in [0.1, 0.15) is 0 Å². The van der Waals surface area contributed by atoms with Crippen molar-refractivity contribution in [2.75, 3.05) is 0 Å². The Morgan fingerprint density at radius 2 is 2.08 bits per heavy atom. The van der Waals surface area contributed by atoms with Gasteiger partial charge < -0.3 is 10.8 Å². The van der Waals surface area contributed by atoms with Crippen molar-refractivity contribution in [3.8, 4) is 0 Å². The van der Waals surface area contributed by atoms with Crippen LogP contribution in [0.3, 0.4) is 0 Å². The van der Waals surface area contributed by atoms with Gasteiger partial charge in [-0.1, -0.05) is 20.3 Å². The summed E-state index contributed by atoms with van der Waals surface area (Å²) < 4.78 is 0. The maximum atomic E-state index is 11.3. The molecule has 3 nitrogen and oxygen atoms in total. The Balaban J connectivity index is 4.16. The van der Waals surface area contributed by atoms with Crippen LogP contribution in [-0.4, -0.2) is 17.7 Å². The lowest BCUT2D eigenvalue weighted by molar-refractivity contribution is -0.114. The van der Waals surface area contributed by atoms with Crippen molar-refractivity contribution < 1.29 is 4.79 Å². The molecule has 2 N–H and O–H groups in total. The second-order valence-electron chi connectivity index (χ2n) is 2.77. The molecule has 0 radical (unpaired) electrons. The largest absolute Gasteiger partial charge is 0.312 e. The van der Waals surface area contributed by atoms with Crippen LogP contribution < -0.4 is 0 Å². The summed E-state index contributed by atoms with van der Waals surface area (Å²) >= 11 is 0. The van der Waals surface area contributed by atoms with Crippen molar-refractivity contribution in [2.24, 2.45) is 5.92 Å². The predicted molar refractivity (Wildman–Crippen MR) is 50.2 cm³/mol. The average molecular weight is 168 g/mol. The molecule has 0 aromatic rings. The first-order chi connectivity index (χ1) is 5.67. The van der Waals surface area contributed by atoms with E-state index in [4.69, 9.17) is 10.8 Å². The third-order valence-corrected chi connectivity index (χ3v) is 1.78. The minimum absolute atomic E-state index is 0.160. The van der Waals surface area contributed by atoms with Crippen LogP contribution >= 0.6 is 0 Å². The fourth-order valence-electron chi connectivity index (χ4n) is 0.976. The molecule has 0 fully saturated rings. The maximum Gasteiger partial charge on any atom is 0.184 e. The van der Waals surface area contributed by atoms with Crippen molar-refractivity contribution in [1.82, 2.24) is 0 Å². The van der Waals surface area contributed by atoms with Crippen molar-refractivity contribution >= 4 is 17.7 Å². The lowest BCUT2D eigenvalue weighted by atomic mass is 9.97. The third kappa shape index (κ3) is 2.95. The molecule has 0 spiro atoms. The zero-order valence-electron chi connectivity index (χ0n) is 7.68. The molecule has 0 saturated carbocycles. The van der Waals surface area contributed by atoms with Gasteiger partial charge in [-0.25, -0.2) is 0 Å². The highest BCUT2D eigenvalue weighted by atomic mass is 16.1. The van der Waals surface area contributed by atoms with E-state index in [-0.39, 0.29) is 17.4 Å². The molecule has 0 aliphatic heterocycles. The summed E-state index contributed by atoms with van der Waals surface area (Å²) in [5.41, 5.74) is 0.160. The summed E-state index contributed by atoms with van der Waals surface area (Å²) in [6.45, 7) is 3.79. The first-order valence-electron chi connectivity index (χ1n) is 4.29. The molecule has 0 rings (SSSR count). The van der Waals surface area contributed by atoms with E-state index >= 15 is 0 Å². The van der Waals surface area contributed by atoms with Crippen molar-refractivity contribution in [3.05, 3.63) is 0 Å². The molecule has 68 valence electrons.